The third-order valence-corrected chi connectivity index (χ3v) is 4.80. The largest absolute Gasteiger partial charge is 0.373 e. The number of rotatable bonds is 1. The second-order valence-corrected chi connectivity index (χ2v) is 5.97. The Labute approximate surface area is 108 Å². The first-order valence-corrected chi connectivity index (χ1v) is 7.11. The molecule has 0 atom stereocenters. The van der Waals surface area contributed by atoms with E-state index in [9.17, 15) is 0 Å². The van der Waals surface area contributed by atoms with E-state index >= 15 is 0 Å². The molecule has 1 aromatic rings. The minimum Gasteiger partial charge on any atom is -0.373 e. The smallest absolute Gasteiger partial charge is 0.149 e. The summed E-state index contributed by atoms with van der Waals surface area (Å²) in [6.07, 6.45) is 0. The lowest BCUT2D eigenvalue weighted by molar-refractivity contribution is 1.23. The molecule has 0 aliphatic heterocycles. The van der Waals surface area contributed by atoms with E-state index < -0.39 is 0 Å². The zero-order valence-corrected chi connectivity index (χ0v) is 11.3. The van der Waals surface area contributed by atoms with Crippen LogP contribution in [0.2, 0.25) is 0 Å². The van der Waals surface area contributed by atoms with Crippen molar-refractivity contribution >= 4 is 60.4 Å². The number of thiocarbonyl (C=S) groups is 2. The summed E-state index contributed by atoms with van der Waals surface area (Å²) in [4.78, 5) is 0. The van der Waals surface area contributed by atoms with Gasteiger partial charge < -0.3 is 10.6 Å². The summed E-state index contributed by atoms with van der Waals surface area (Å²) in [5.41, 5.74) is 0.992. The molecule has 1 aromatic carbocycles. The van der Waals surface area contributed by atoms with Gasteiger partial charge in [0.1, 0.15) is 8.64 Å². The van der Waals surface area contributed by atoms with Crippen LogP contribution >= 0.6 is 46.0 Å². The summed E-state index contributed by atoms with van der Waals surface area (Å²) in [5, 5.41) is 5.98. The number of anilines is 1. The quantitative estimate of drug-likeness (QED) is 0.602. The summed E-state index contributed by atoms with van der Waals surface area (Å²) in [7, 11) is 4.67. The maximum absolute atomic E-state index is 5.15. The van der Waals surface area contributed by atoms with Gasteiger partial charge in [0.2, 0.25) is 0 Å². The van der Waals surface area contributed by atoms with Gasteiger partial charge in [-0.15, -0.1) is 0 Å². The van der Waals surface area contributed by atoms with Gasteiger partial charge in [0, 0.05) is 12.7 Å². The topological polar surface area (TPSA) is 24.1 Å². The molecule has 0 aromatic heterocycles. The standard InChI is InChI=1S/C9H10N2S4/c1-10-8(12)14-15-9(13)11-7-5-3-2-4-6-7/h2-6H,1H3,(H,10,12)(H,11,13). The number of para-hydroxylation sites is 1. The highest BCUT2D eigenvalue weighted by Gasteiger charge is 2.01. The van der Waals surface area contributed by atoms with Crippen LogP contribution in [0.1, 0.15) is 0 Å². The predicted octanol–water partition coefficient (Wildman–Crippen LogP) is 3.27. The van der Waals surface area contributed by atoms with E-state index in [0.29, 0.717) is 4.32 Å². The minimum absolute atomic E-state index is 0.698. The van der Waals surface area contributed by atoms with Crippen molar-refractivity contribution in [1.82, 2.24) is 5.32 Å². The normalized spacial score (nSPS) is 9.40. The van der Waals surface area contributed by atoms with E-state index in [0.717, 1.165) is 10.0 Å². The highest BCUT2D eigenvalue weighted by Crippen LogP contribution is 2.24. The van der Waals surface area contributed by atoms with Gasteiger partial charge in [0.15, 0.2) is 0 Å². The first-order chi connectivity index (χ1) is 7.22. The van der Waals surface area contributed by atoms with Gasteiger partial charge in [0.25, 0.3) is 0 Å². The molecule has 2 N–H and O–H groups in total. The van der Waals surface area contributed by atoms with E-state index in [2.05, 4.69) is 10.6 Å². The molecule has 0 radical (unpaired) electrons. The number of nitrogens with one attached hydrogen (secondary N) is 2. The lowest BCUT2D eigenvalue weighted by atomic mass is 10.3. The molecule has 1 rings (SSSR count). The molecule has 0 bridgehead atoms. The Kier molecular flexibility index (Phi) is 6.00. The summed E-state index contributed by atoms with van der Waals surface area (Å²) in [5.74, 6) is 0. The highest BCUT2D eigenvalue weighted by molar-refractivity contribution is 8.89. The zero-order chi connectivity index (χ0) is 11.1. The molecule has 0 aliphatic carbocycles. The average molecular weight is 274 g/mol. The molecule has 0 fully saturated rings. The molecule has 80 valence electrons. The fourth-order valence-corrected chi connectivity index (χ4v) is 2.73. The second-order valence-electron chi connectivity index (χ2n) is 2.48. The van der Waals surface area contributed by atoms with Crippen molar-refractivity contribution in [2.24, 2.45) is 0 Å². The molecule has 15 heavy (non-hydrogen) atoms. The van der Waals surface area contributed by atoms with Crippen molar-refractivity contribution in [3.05, 3.63) is 30.3 Å². The molecule has 0 spiro atoms. The summed E-state index contributed by atoms with van der Waals surface area (Å²) < 4.78 is 1.42. The van der Waals surface area contributed by atoms with Gasteiger partial charge in [-0.2, -0.15) is 0 Å². The van der Waals surface area contributed by atoms with Crippen molar-refractivity contribution in [3.8, 4) is 0 Å². The predicted molar refractivity (Wildman–Crippen MR) is 79.5 cm³/mol. The van der Waals surface area contributed by atoms with Crippen LogP contribution in [0.25, 0.3) is 0 Å². The van der Waals surface area contributed by atoms with E-state index in [-0.39, 0.29) is 0 Å². The highest BCUT2D eigenvalue weighted by atomic mass is 33.1. The Hall–Kier alpha value is -0.300. The monoisotopic (exact) mass is 274 g/mol. The molecule has 0 unspecified atom stereocenters. The number of hydrogen-bond acceptors (Lipinski definition) is 4. The molecule has 0 heterocycles. The van der Waals surface area contributed by atoms with Crippen LogP contribution in [0.3, 0.4) is 0 Å². The summed E-state index contributed by atoms with van der Waals surface area (Å²) >= 11 is 10.1. The molecule has 2 nitrogen and oxygen atoms in total. The van der Waals surface area contributed by atoms with Crippen molar-refractivity contribution in [3.63, 3.8) is 0 Å². The number of hydrogen-bond donors (Lipinski definition) is 2. The third kappa shape index (κ3) is 5.36. The molecule has 0 saturated carbocycles. The van der Waals surface area contributed by atoms with E-state index in [4.69, 9.17) is 24.4 Å². The van der Waals surface area contributed by atoms with Crippen LogP contribution in [-0.4, -0.2) is 15.7 Å². The maximum Gasteiger partial charge on any atom is 0.149 e. The van der Waals surface area contributed by atoms with Crippen LogP contribution in [-0.2, 0) is 0 Å². The van der Waals surface area contributed by atoms with Gasteiger partial charge >= 0.3 is 0 Å². The van der Waals surface area contributed by atoms with Crippen LogP contribution in [0.15, 0.2) is 30.3 Å². The summed E-state index contributed by atoms with van der Waals surface area (Å²) in [6, 6.07) is 9.82. The van der Waals surface area contributed by atoms with Gasteiger partial charge in [-0.05, 0) is 33.7 Å². The van der Waals surface area contributed by atoms with E-state index in [1.165, 1.54) is 21.6 Å². The summed E-state index contributed by atoms with van der Waals surface area (Å²) in [6.45, 7) is 0. The zero-order valence-electron chi connectivity index (χ0n) is 8.02. The van der Waals surface area contributed by atoms with Crippen LogP contribution in [0, 0.1) is 0 Å². The van der Waals surface area contributed by atoms with Crippen LogP contribution in [0.5, 0.6) is 0 Å². The Bertz CT molecular complexity index is 339. The molecule has 0 saturated heterocycles. The van der Waals surface area contributed by atoms with E-state index in [1.54, 1.807) is 7.05 Å². The Morgan fingerprint density at radius 2 is 1.67 bits per heavy atom. The van der Waals surface area contributed by atoms with E-state index in [1.807, 2.05) is 30.3 Å². The van der Waals surface area contributed by atoms with Crippen LogP contribution in [0.4, 0.5) is 5.69 Å². The maximum atomic E-state index is 5.15. The lowest BCUT2D eigenvalue weighted by Gasteiger charge is -2.06. The molecule has 0 aliphatic rings. The van der Waals surface area contributed by atoms with Crippen LogP contribution < -0.4 is 10.6 Å². The fourth-order valence-electron chi connectivity index (χ4n) is 0.778. The molecule has 6 heteroatoms. The molecule has 0 amide bonds. The number of benzene rings is 1. The minimum atomic E-state index is 0.698. The van der Waals surface area contributed by atoms with Crippen molar-refractivity contribution in [1.29, 1.82) is 0 Å². The Morgan fingerprint density at radius 1 is 1.07 bits per heavy atom. The first kappa shape index (κ1) is 12.8. The Balaban J connectivity index is 2.34. The fraction of sp³-hybridized carbons (Fsp3) is 0.111. The van der Waals surface area contributed by atoms with Gasteiger partial charge in [0.05, 0.1) is 0 Å². The Morgan fingerprint density at radius 3 is 2.27 bits per heavy atom. The third-order valence-electron chi connectivity index (χ3n) is 1.42. The lowest BCUT2D eigenvalue weighted by Crippen LogP contribution is -2.11. The SMILES string of the molecule is CNC(=S)SSC(=S)Nc1ccccc1. The van der Waals surface area contributed by atoms with Gasteiger partial charge in [-0.25, -0.2) is 0 Å². The first-order valence-electron chi connectivity index (χ1n) is 4.14. The van der Waals surface area contributed by atoms with Gasteiger partial charge in [-0.1, -0.05) is 42.6 Å². The molecular formula is C9H10N2S4. The van der Waals surface area contributed by atoms with Crippen molar-refractivity contribution < 1.29 is 0 Å². The van der Waals surface area contributed by atoms with Crippen molar-refractivity contribution in [2.45, 2.75) is 0 Å². The molecular weight excluding hydrogens is 264 g/mol. The van der Waals surface area contributed by atoms with Crippen molar-refractivity contribution in [2.75, 3.05) is 12.4 Å². The van der Waals surface area contributed by atoms with Gasteiger partial charge in [-0.3, -0.25) is 0 Å². The average Bonchev–Trinajstić information content (AvgIpc) is 2.27. The second kappa shape index (κ2) is 7.05.